The van der Waals surface area contributed by atoms with Crippen LogP contribution in [0.1, 0.15) is 5.56 Å². The maximum atomic E-state index is 2.27. The lowest BCUT2D eigenvalue weighted by Crippen LogP contribution is -2.30. The second-order valence-corrected chi connectivity index (χ2v) is 5.27. The zero-order chi connectivity index (χ0) is 11.8. The van der Waals surface area contributed by atoms with Crippen molar-refractivity contribution in [3.63, 3.8) is 0 Å². The number of aryl methyl sites for hydroxylation is 2. The number of pyridine rings is 1. The summed E-state index contributed by atoms with van der Waals surface area (Å²) < 4.78 is 3.55. The van der Waals surface area contributed by atoms with Crippen molar-refractivity contribution in [2.75, 3.05) is 0 Å². The summed E-state index contributed by atoms with van der Waals surface area (Å²) >= 11 is 1.79. The molecular formula is C15H14NS+. The molecule has 0 atom stereocenters. The molecule has 0 saturated carbocycles. The maximum Gasteiger partial charge on any atom is 0.213 e. The molecule has 1 aromatic carbocycles. The summed E-state index contributed by atoms with van der Waals surface area (Å²) in [6, 6.07) is 13.0. The third-order valence-corrected chi connectivity index (χ3v) is 4.00. The predicted molar refractivity (Wildman–Crippen MR) is 73.2 cm³/mol. The molecule has 2 heterocycles. The van der Waals surface area contributed by atoms with E-state index in [4.69, 9.17) is 0 Å². The quantitative estimate of drug-likeness (QED) is 0.571. The number of hydrogen-bond donors (Lipinski definition) is 0. The van der Waals surface area contributed by atoms with Gasteiger partial charge in [0.05, 0.1) is 4.70 Å². The van der Waals surface area contributed by atoms with Crippen LogP contribution in [-0.2, 0) is 7.05 Å². The highest BCUT2D eigenvalue weighted by Crippen LogP contribution is 2.25. The van der Waals surface area contributed by atoms with Gasteiger partial charge in [-0.3, -0.25) is 0 Å². The molecule has 0 amide bonds. The Bertz CT molecular complexity index is 682. The Kier molecular flexibility index (Phi) is 2.45. The van der Waals surface area contributed by atoms with Crippen LogP contribution in [0.25, 0.3) is 21.3 Å². The summed E-state index contributed by atoms with van der Waals surface area (Å²) in [5, 5.41) is 3.47. The van der Waals surface area contributed by atoms with Crippen LogP contribution in [0.3, 0.4) is 0 Å². The first-order chi connectivity index (χ1) is 8.25. The van der Waals surface area contributed by atoms with Crippen LogP contribution in [-0.4, -0.2) is 0 Å². The van der Waals surface area contributed by atoms with Gasteiger partial charge in [-0.05, 0) is 30.0 Å². The first-order valence-electron chi connectivity index (χ1n) is 5.68. The SMILES string of the molecule is Cc1ccccc1-c1cc2ccsc2c[n+]1C. The van der Waals surface area contributed by atoms with E-state index < -0.39 is 0 Å². The van der Waals surface area contributed by atoms with Crippen LogP contribution >= 0.6 is 11.3 Å². The fourth-order valence-electron chi connectivity index (χ4n) is 2.18. The Morgan fingerprint density at radius 2 is 1.94 bits per heavy atom. The second kappa shape index (κ2) is 3.97. The minimum Gasteiger partial charge on any atom is -0.200 e. The second-order valence-electron chi connectivity index (χ2n) is 4.32. The molecule has 0 aliphatic carbocycles. The van der Waals surface area contributed by atoms with E-state index in [-0.39, 0.29) is 0 Å². The first-order valence-corrected chi connectivity index (χ1v) is 6.56. The molecule has 1 nitrogen and oxygen atoms in total. The molecule has 17 heavy (non-hydrogen) atoms. The largest absolute Gasteiger partial charge is 0.213 e. The average molecular weight is 240 g/mol. The van der Waals surface area contributed by atoms with Gasteiger partial charge in [0.1, 0.15) is 7.05 Å². The zero-order valence-corrected chi connectivity index (χ0v) is 10.8. The van der Waals surface area contributed by atoms with Gasteiger partial charge in [0.2, 0.25) is 5.69 Å². The standard InChI is InChI=1S/C15H14NS/c1-11-5-3-4-6-13(11)14-9-12-7-8-17-15(12)10-16(14)2/h3-10H,1-2H3/q+1. The van der Waals surface area contributed by atoms with E-state index in [9.17, 15) is 0 Å². The highest BCUT2D eigenvalue weighted by Gasteiger charge is 2.13. The molecule has 0 bridgehead atoms. The zero-order valence-electron chi connectivity index (χ0n) is 9.97. The van der Waals surface area contributed by atoms with Gasteiger partial charge in [-0.1, -0.05) is 18.2 Å². The normalized spacial score (nSPS) is 10.9. The minimum atomic E-state index is 1.27. The number of thiophene rings is 1. The van der Waals surface area contributed by atoms with Gasteiger partial charge in [0, 0.05) is 17.0 Å². The fourth-order valence-corrected chi connectivity index (χ4v) is 3.02. The number of rotatable bonds is 1. The Morgan fingerprint density at radius 3 is 2.76 bits per heavy atom. The van der Waals surface area contributed by atoms with Crippen molar-refractivity contribution in [3.8, 4) is 11.3 Å². The van der Waals surface area contributed by atoms with Crippen molar-refractivity contribution >= 4 is 21.4 Å². The van der Waals surface area contributed by atoms with E-state index in [1.165, 1.54) is 26.9 Å². The highest BCUT2D eigenvalue weighted by atomic mass is 32.1. The van der Waals surface area contributed by atoms with E-state index in [2.05, 4.69) is 66.5 Å². The number of benzene rings is 1. The van der Waals surface area contributed by atoms with Crippen molar-refractivity contribution < 1.29 is 4.57 Å². The molecule has 0 radical (unpaired) electrons. The van der Waals surface area contributed by atoms with Crippen molar-refractivity contribution in [1.29, 1.82) is 0 Å². The maximum absolute atomic E-state index is 2.27. The lowest BCUT2D eigenvalue weighted by Gasteiger charge is -2.03. The summed E-state index contributed by atoms with van der Waals surface area (Å²) in [5.74, 6) is 0. The number of fused-ring (bicyclic) bond motifs is 1. The van der Waals surface area contributed by atoms with Gasteiger partial charge in [0.25, 0.3) is 0 Å². The van der Waals surface area contributed by atoms with Gasteiger partial charge in [-0.2, -0.15) is 4.57 Å². The Labute approximate surface area is 105 Å². The van der Waals surface area contributed by atoms with E-state index in [1.807, 2.05) is 0 Å². The summed E-state index contributed by atoms with van der Waals surface area (Å²) in [5.41, 5.74) is 3.90. The van der Waals surface area contributed by atoms with Crippen molar-refractivity contribution in [3.05, 3.63) is 53.5 Å². The van der Waals surface area contributed by atoms with Crippen LogP contribution in [0.2, 0.25) is 0 Å². The van der Waals surface area contributed by atoms with Gasteiger partial charge >= 0.3 is 0 Å². The van der Waals surface area contributed by atoms with Crippen LogP contribution in [0.15, 0.2) is 48.0 Å². The van der Waals surface area contributed by atoms with E-state index in [1.54, 1.807) is 11.3 Å². The lowest BCUT2D eigenvalue weighted by molar-refractivity contribution is -0.659. The van der Waals surface area contributed by atoms with Crippen LogP contribution in [0.5, 0.6) is 0 Å². The molecule has 0 spiro atoms. The van der Waals surface area contributed by atoms with Crippen LogP contribution < -0.4 is 4.57 Å². The average Bonchev–Trinajstić information content (AvgIpc) is 2.76. The third-order valence-electron chi connectivity index (χ3n) is 3.13. The Hall–Kier alpha value is -1.67. The molecule has 2 heteroatoms. The summed E-state index contributed by atoms with van der Waals surface area (Å²) in [6.07, 6.45) is 2.21. The molecule has 0 aliphatic heterocycles. The predicted octanol–water partition coefficient (Wildman–Crippen LogP) is 3.70. The van der Waals surface area contributed by atoms with Crippen molar-refractivity contribution in [1.82, 2.24) is 0 Å². The van der Waals surface area contributed by atoms with Gasteiger partial charge in [-0.15, -0.1) is 11.3 Å². The number of hydrogen-bond acceptors (Lipinski definition) is 1. The Morgan fingerprint density at radius 1 is 1.12 bits per heavy atom. The molecule has 0 saturated heterocycles. The topological polar surface area (TPSA) is 3.88 Å². The molecule has 0 fully saturated rings. The van der Waals surface area contributed by atoms with E-state index in [0.717, 1.165) is 0 Å². The molecule has 3 rings (SSSR count). The smallest absolute Gasteiger partial charge is 0.200 e. The third kappa shape index (κ3) is 1.75. The van der Waals surface area contributed by atoms with Crippen molar-refractivity contribution in [2.24, 2.45) is 7.05 Å². The Balaban J connectivity index is 2.30. The van der Waals surface area contributed by atoms with Crippen molar-refractivity contribution in [2.45, 2.75) is 6.92 Å². The number of nitrogens with zero attached hydrogens (tertiary/aromatic N) is 1. The summed E-state index contributed by atoms with van der Waals surface area (Å²) in [4.78, 5) is 0. The molecule has 0 aliphatic rings. The summed E-state index contributed by atoms with van der Waals surface area (Å²) in [7, 11) is 2.11. The fraction of sp³-hybridized carbons (Fsp3) is 0.133. The van der Waals surface area contributed by atoms with Crippen LogP contribution in [0.4, 0.5) is 0 Å². The van der Waals surface area contributed by atoms with E-state index >= 15 is 0 Å². The molecule has 2 aromatic heterocycles. The first kappa shape index (κ1) is 10.5. The molecule has 84 valence electrons. The molecule has 3 aromatic rings. The molecular weight excluding hydrogens is 226 g/mol. The number of aromatic nitrogens is 1. The van der Waals surface area contributed by atoms with E-state index in [0.29, 0.717) is 0 Å². The van der Waals surface area contributed by atoms with Gasteiger partial charge in [0.15, 0.2) is 6.20 Å². The lowest BCUT2D eigenvalue weighted by atomic mass is 10.0. The van der Waals surface area contributed by atoms with Crippen LogP contribution in [0, 0.1) is 6.92 Å². The summed E-state index contributed by atoms with van der Waals surface area (Å²) in [6.45, 7) is 2.16. The molecule has 0 unspecified atom stereocenters. The van der Waals surface area contributed by atoms with Gasteiger partial charge < -0.3 is 0 Å². The highest BCUT2D eigenvalue weighted by molar-refractivity contribution is 7.17. The monoisotopic (exact) mass is 240 g/mol. The minimum absolute atomic E-state index is 1.27. The van der Waals surface area contributed by atoms with Gasteiger partial charge in [-0.25, -0.2) is 0 Å². The molecule has 0 N–H and O–H groups in total.